The van der Waals surface area contributed by atoms with Crippen molar-refractivity contribution in [3.05, 3.63) is 30.1 Å². The predicted octanol–water partition coefficient (Wildman–Crippen LogP) is 5.50. The first-order valence-corrected chi connectivity index (χ1v) is 11.1. The van der Waals surface area contributed by atoms with Crippen molar-refractivity contribution in [1.82, 2.24) is 0 Å². The third kappa shape index (κ3) is 2.23. The molecule has 2 heterocycles. The molecule has 2 aliphatic heterocycles. The van der Waals surface area contributed by atoms with Crippen LogP contribution in [0.25, 0.3) is 0 Å². The number of hydrogen-bond acceptors (Lipinski definition) is 6. The van der Waals surface area contributed by atoms with Crippen molar-refractivity contribution in [1.29, 1.82) is 0 Å². The topological polar surface area (TPSA) is 0 Å². The van der Waals surface area contributed by atoms with E-state index in [1.54, 1.807) is 23.5 Å². The van der Waals surface area contributed by atoms with Crippen LogP contribution in [0.4, 0.5) is 0 Å². The summed E-state index contributed by atoms with van der Waals surface area (Å²) >= 11 is 23.5. The monoisotopic (exact) mass is 380 g/mol. The van der Waals surface area contributed by atoms with Crippen LogP contribution >= 0.6 is 90.8 Å². The lowest BCUT2D eigenvalue weighted by atomic mass is 11.2. The first-order valence-electron chi connectivity index (χ1n) is 4.31. The molecule has 0 amide bonds. The van der Waals surface area contributed by atoms with E-state index in [9.17, 15) is 0 Å². The Morgan fingerprint density at radius 1 is 0.778 bits per heavy atom. The van der Waals surface area contributed by atoms with Gasteiger partial charge in [0.15, 0.2) is 0 Å². The van der Waals surface area contributed by atoms with E-state index in [0.717, 1.165) is 8.47 Å². The summed E-state index contributed by atoms with van der Waals surface area (Å²) in [6.07, 6.45) is 0. The van der Waals surface area contributed by atoms with Gasteiger partial charge in [0, 0.05) is 0 Å². The molecule has 2 aliphatic rings. The highest BCUT2D eigenvalue weighted by atomic mass is 32.3. The van der Waals surface area contributed by atoms with Crippen LogP contribution in [0.1, 0.15) is 0 Å². The van der Waals surface area contributed by atoms with E-state index < -0.39 is 18.4 Å². The summed E-state index contributed by atoms with van der Waals surface area (Å²) in [6.45, 7) is 0. The fourth-order valence-corrected chi connectivity index (χ4v) is 13.3. The molecule has 0 saturated heterocycles. The lowest BCUT2D eigenvalue weighted by Gasteiger charge is -2.12. The van der Waals surface area contributed by atoms with Crippen molar-refractivity contribution < 1.29 is 0 Å². The van der Waals surface area contributed by atoms with Crippen LogP contribution < -0.4 is 0 Å². The van der Waals surface area contributed by atoms with Gasteiger partial charge in [0.1, 0.15) is 0 Å². The van der Waals surface area contributed by atoms with Crippen LogP contribution in [-0.4, -0.2) is 17.3 Å². The molecule has 0 aromatic carbocycles. The van der Waals surface area contributed by atoms with E-state index in [2.05, 4.69) is 17.3 Å². The van der Waals surface area contributed by atoms with Gasteiger partial charge in [-0.1, -0.05) is 23.5 Å². The third-order valence-electron chi connectivity index (χ3n) is 2.15. The van der Waals surface area contributed by atoms with Gasteiger partial charge in [-0.25, -0.2) is 0 Å². The van der Waals surface area contributed by atoms with Gasteiger partial charge in [0.05, 0.1) is 8.47 Å². The van der Waals surface area contributed by atoms with E-state index in [1.807, 2.05) is 21.6 Å². The second-order valence-corrected chi connectivity index (χ2v) is 12.0. The summed E-state index contributed by atoms with van der Waals surface area (Å²) in [5.41, 5.74) is 0. The summed E-state index contributed by atoms with van der Waals surface area (Å²) in [7, 11) is -3.53. The van der Waals surface area contributed by atoms with Crippen molar-refractivity contribution >= 4 is 108 Å². The molecule has 0 saturated carbocycles. The Labute approximate surface area is 137 Å². The van der Waals surface area contributed by atoms with Gasteiger partial charge in [0.25, 0.3) is 0 Å². The van der Waals surface area contributed by atoms with E-state index >= 15 is 0 Å². The molecule has 0 atom stereocenters. The van der Waals surface area contributed by atoms with Crippen LogP contribution in [0.3, 0.4) is 0 Å². The molecule has 0 N–H and O–H groups in total. The highest BCUT2D eigenvalue weighted by Crippen LogP contribution is 2.62. The predicted molar refractivity (Wildman–Crippen MR) is 106 cm³/mol. The van der Waals surface area contributed by atoms with Crippen LogP contribution in [0.2, 0.25) is 0 Å². The molecule has 0 aliphatic carbocycles. The smallest absolute Gasteiger partial charge is 0.0778 e. The van der Waals surface area contributed by atoms with E-state index in [1.165, 1.54) is 0 Å². The summed E-state index contributed by atoms with van der Waals surface area (Å²) in [5, 5.41) is 7.92. The van der Waals surface area contributed by atoms with Crippen LogP contribution in [0.15, 0.2) is 30.1 Å². The molecule has 0 spiro atoms. The normalized spacial score (nSPS) is 22.2. The van der Waals surface area contributed by atoms with Crippen molar-refractivity contribution in [3.63, 3.8) is 0 Å². The van der Waals surface area contributed by atoms with E-state index in [4.69, 9.17) is 48.9 Å². The Bertz CT molecular complexity index is 734. The van der Waals surface area contributed by atoms with Gasteiger partial charge in [-0.2, -0.15) is 0 Å². The second kappa shape index (κ2) is 5.94. The van der Waals surface area contributed by atoms with Gasteiger partial charge in [-0.15, -0.1) is 0 Å². The Hall–Kier alpha value is 0.620. The van der Waals surface area contributed by atoms with Crippen molar-refractivity contribution in [3.8, 4) is 0 Å². The lowest BCUT2D eigenvalue weighted by molar-refractivity contribution is 2.36. The van der Waals surface area contributed by atoms with Crippen molar-refractivity contribution in [2.24, 2.45) is 0 Å². The van der Waals surface area contributed by atoms with E-state index in [0.29, 0.717) is 0 Å². The summed E-state index contributed by atoms with van der Waals surface area (Å²) in [4.78, 5) is 0. The number of hydrogen-bond donors (Lipinski definition) is 0. The zero-order valence-corrected chi connectivity index (χ0v) is 15.1. The SMILES string of the molecule is S=C=S1(=C=S)C=CS(=C=S)(=C=S)C1=C1SC=CS1. The Kier molecular flexibility index (Phi) is 4.96. The molecule has 0 bridgehead atoms. The average Bonchev–Trinajstić information content (AvgIpc) is 3.04. The Morgan fingerprint density at radius 2 is 1.17 bits per heavy atom. The molecule has 18 heavy (non-hydrogen) atoms. The zero-order valence-electron chi connectivity index (χ0n) is 8.58. The molecule has 0 nitrogen and oxygen atoms in total. The molecule has 8 heteroatoms. The molecule has 0 aromatic rings. The maximum Gasteiger partial charge on any atom is 0.0778 e. The molecule has 0 fully saturated rings. The molecule has 92 valence electrons. The molecular formula is C10H4S8. The van der Waals surface area contributed by atoms with Gasteiger partial charge < -0.3 is 0 Å². The minimum Gasteiger partial charge on any atom is -0.0884 e. The van der Waals surface area contributed by atoms with Crippen LogP contribution in [-0.2, 0) is 0 Å². The standard InChI is InChI=1S/C10H4S8/c11-5-17(6-12)3-4-18(7-13,8-14)10(17)9-15-1-2-16-9/h1-4H. The number of rotatable bonds is 0. The number of thioether (sulfide) groups is 2. The quantitative estimate of drug-likeness (QED) is 0.506. The molecule has 0 aromatic heterocycles. The molecule has 0 unspecified atom stereocenters. The molecular weight excluding hydrogens is 377 g/mol. The fraction of sp³-hybridized carbons (Fsp3) is 0. The Morgan fingerprint density at radius 3 is 1.50 bits per heavy atom. The third-order valence-corrected chi connectivity index (χ3v) is 13.4. The highest BCUT2D eigenvalue weighted by molar-refractivity contribution is 8.57. The van der Waals surface area contributed by atoms with Gasteiger partial charge in [-0.05, 0) is 106 Å². The summed E-state index contributed by atoms with van der Waals surface area (Å²) < 4.78 is 13.6. The highest BCUT2D eigenvalue weighted by Gasteiger charge is 2.27. The van der Waals surface area contributed by atoms with Crippen molar-refractivity contribution in [2.45, 2.75) is 0 Å². The fourth-order valence-electron chi connectivity index (χ4n) is 1.36. The van der Waals surface area contributed by atoms with Gasteiger partial charge in [0.2, 0.25) is 0 Å². The minimum absolute atomic E-state index is 1.02. The summed E-state index contributed by atoms with van der Waals surface area (Å²) in [6, 6.07) is 0. The van der Waals surface area contributed by atoms with Gasteiger partial charge in [-0.3, -0.25) is 0 Å². The lowest BCUT2D eigenvalue weighted by Crippen LogP contribution is -1.82. The van der Waals surface area contributed by atoms with Gasteiger partial charge >= 0.3 is 0 Å². The average molecular weight is 381 g/mol. The van der Waals surface area contributed by atoms with Crippen molar-refractivity contribution in [2.75, 3.05) is 0 Å². The first-order chi connectivity index (χ1) is 8.68. The first kappa shape index (κ1) is 15.0. The Balaban J connectivity index is 3.10. The van der Waals surface area contributed by atoms with E-state index in [-0.39, 0.29) is 0 Å². The maximum atomic E-state index is 5.06. The minimum atomic E-state index is -1.77. The van der Waals surface area contributed by atoms with Crippen LogP contribution in [0.5, 0.6) is 0 Å². The largest absolute Gasteiger partial charge is 0.0884 e. The second-order valence-electron chi connectivity index (χ2n) is 3.01. The number of thiocarbonyl (C=S) groups is 4. The molecule has 2 rings (SSSR count). The molecule has 0 radical (unpaired) electrons. The summed E-state index contributed by atoms with van der Waals surface area (Å²) in [5.74, 6) is 0. The van der Waals surface area contributed by atoms with Crippen LogP contribution in [0, 0.1) is 0 Å². The zero-order chi connectivity index (χ0) is 13.2. The maximum absolute atomic E-state index is 5.06.